The van der Waals surface area contributed by atoms with E-state index in [2.05, 4.69) is 10.6 Å². The van der Waals surface area contributed by atoms with E-state index in [1.807, 2.05) is 34.6 Å². The van der Waals surface area contributed by atoms with E-state index in [9.17, 15) is 9.59 Å². The average Bonchev–Trinajstić information content (AvgIpc) is 2.25. The van der Waals surface area contributed by atoms with Crippen molar-refractivity contribution in [1.82, 2.24) is 10.6 Å². The highest BCUT2D eigenvalue weighted by Gasteiger charge is 2.33. The molecule has 0 aliphatic carbocycles. The van der Waals surface area contributed by atoms with Crippen molar-refractivity contribution in [2.24, 2.45) is 0 Å². The molecule has 1 aliphatic heterocycles. The van der Waals surface area contributed by atoms with Crippen LogP contribution in [0.3, 0.4) is 0 Å². The van der Waals surface area contributed by atoms with Crippen LogP contribution >= 0.6 is 0 Å². The second-order valence-corrected chi connectivity index (χ2v) is 5.66. The van der Waals surface area contributed by atoms with Gasteiger partial charge in [-0.3, -0.25) is 10.1 Å². The fourth-order valence-electron chi connectivity index (χ4n) is 2.37. The molecule has 0 bridgehead atoms. The second kappa shape index (κ2) is 6.86. The number of ether oxygens (including phenoxy) is 1. The number of quaternary nitrogens is 1. The van der Waals surface area contributed by atoms with Gasteiger partial charge in [0.25, 0.3) is 5.91 Å². The molecule has 0 aromatic rings. The third-order valence-electron chi connectivity index (χ3n) is 3.23. The maximum atomic E-state index is 12.0. The van der Waals surface area contributed by atoms with Gasteiger partial charge in [0.1, 0.15) is 25.3 Å². The van der Waals surface area contributed by atoms with Gasteiger partial charge in [-0.1, -0.05) is 0 Å². The van der Waals surface area contributed by atoms with Crippen molar-refractivity contribution in [3.63, 3.8) is 0 Å². The summed E-state index contributed by atoms with van der Waals surface area (Å²) < 4.78 is 5.65. The van der Waals surface area contributed by atoms with Crippen LogP contribution in [-0.2, 0) is 9.53 Å². The Balaban J connectivity index is 2.49. The number of hydrogen-bond acceptors (Lipinski definition) is 3. The van der Waals surface area contributed by atoms with Gasteiger partial charge in [-0.15, -0.1) is 0 Å². The molecule has 0 unspecified atom stereocenters. The Morgan fingerprint density at radius 1 is 1.16 bits per heavy atom. The molecule has 3 N–H and O–H groups in total. The Morgan fingerprint density at radius 3 is 2.16 bits per heavy atom. The van der Waals surface area contributed by atoms with Crippen molar-refractivity contribution in [3.8, 4) is 0 Å². The number of urea groups is 1. The summed E-state index contributed by atoms with van der Waals surface area (Å²) in [4.78, 5) is 24.7. The molecular weight excluding hydrogens is 246 g/mol. The zero-order valence-electron chi connectivity index (χ0n) is 12.4. The first-order chi connectivity index (χ1) is 8.79. The molecule has 19 heavy (non-hydrogen) atoms. The molecule has 0 spiro atoms. The van der Waals surface area contributed by atoms with Crippen LogP contribution in [0.25, 0.3) is 0 Å². The zero-order chi connectivity index (χ0) is 14.6. The molecule has 1 rings (SSSR count). The summed E-state index contributed by atoms with van der Waals surface area (Å²) in [6.45, 7) is 11.1. The van der Waals surface area contributed by atoms with Crippen LogP contribution in [0.15, 0.2) is 0 Å². The first-order valence-electron chi connectivity index (χ1n) is 6.91. The van der Waals surface area contributed by atoms with E-state index < -0.39 is 6.03 Å². The monoisotopic (exact) mass is 272 g/mol. The second-order valence-electron chi connectivity index (χ2n) is 5.66. The van der Waals surface area contributed by atoms with Crippen LogP contribution in [0.1, 0.15) is 34.6 Å². The minimum atomic E-state index is -0.430. The van der Waals surface area contributed by atoms with Crippen LogP contribution in [0.5, 0.6) is 0 Å². The van der Waals surface area contributed by atoms with Crippen molar-refractivity contribution >= 4 is 11.9 Å². The van der Waals surface area contributed by atoms with E-state index in [-0.39, 0.29) is 30.2 Å². The SMILES string of the molecule is CC(C)NC(=O)NC(=O)[C@H](C)[NH+]1C[C@H](C)O[C@@H](C)C1. The summed E-state index contributed by atoms with van der Waals surface area (Å²) in [5, 5.41) is 5.03. The molecule has 1 saturated heterocycles. The van der Waals surface area contributed by atoms with Gasteiger partial charge in [0.15, 0.2) is 6.04 Å². The Hall–Kier alpha value is -1.14. The van der Waals surface area contributed by atoms with Crippen LogP contribution in [-0.4, -0.2) is 49.3 Å². The predicted molar refractivity (Wildman–Crippen MR) is 72.0 cm³/mol. The molecule has 6 nitrogen and oxygen atoms in total. The molecule has 1 aliphatic rings. The minimum absolute atomic E-state index is 0.0129. The van der Waals surface area contributed by atoms with Gasteiger partial charge in [-0.25, -0.2) is 4.79 Å². The number of rotatable bonds is 3. The van der Waals surface area contributed by atoms with Crippen LogP contribution < -0.4 is 15.5 Å². The Bertz CT molecular complexity index is 323. The molecular formula is C13H26N3O3+. The van der Waals surface area contributed by atoms with Crippen molar-refractivity contribution < 1.29 is 19.2 Å². The summed E-state index contributed by atoms with van der Waals surface area (Å²) in [5.41, 5.74) is 0. The highest BCUT2D eigenvalue weighted by atomic mass is 16.5. The number of morpholine rings is 1. The average molecular weight is 272 g/mol. The molecule has 1 heterocycles. The quantitative estimate of drug-likeness (QED) is 0.636. The van der Waals surface area contributed by atoms with E-state index in [0.717, 1.165) is 18.0 Å². The van der Waals surface area contributed by atoms with Gasteiger partial charge in [-0.05, 0) is 34.6 Å². The third kappa shape index (κ3) is 5.16. The number of amides is 3. The van der Waals surface area contributed by atoms with E-state index >= 15 is 0 Å². The van der Waals surface area contributed by atoms with Crippen molar-refractivity contribution in [2.45, 2.75) is 58.9 Å². The number of nitrogens with one attached hydrogen (secondary N) is 3. The fourth-order valence-corrected chi connectivity index (χ4v) is 2.37. The normalized spacial score (nSPS) is 28.8. The highest BCUT2D eigenvalue weighted by Crippen LogP contribution is 1.99. The molecule has 0 saturated carbocycles. The van der Waals surface area contributed by atoms with Crippen molar-refractivity contribution in [2.75, 3.05) is 13.1 Å². The Kier molecular flexibility index (Phi) is 5.75. The lowest BCUT2D eigenvalue weighted by Gasteiger charge is -2.35. The van der Waals surface area contributed by atoms with E-state index in [1.54, 1.807) is 0 Å². The maximum absolute atomic E-state index is 12.0. The predicted octanol–water partition coefficient (Wildman–Crippen LogP) is -0.699. The summed E-state index contributed by atoms with van der Waals surface area (Å²) in [7, 11) is 0. The lowest BCUT2D eigenvalue weighted by molar-refractivity contribution is -0.928. The van der Waals surface area contributed by atoms with Gasteiger partial charge in [0.05, 0.1) is 0 Å². The summed E-state index contributed by atoms with van der Waals surface area (Å²) in [6, 6.07) is -0.675. The zero-order valence-corrected chi connectivity index (χ0v) is 12.4. The smallest absolute Gasteiger partial charge is 0.321 e. The molecule has 1 fully saturated rings. The van der Waals surface area contributed by atoms with E-state index in [1.165, 1.54) is 0 Å². The Morgan fingerprint density at radius 2 is 1.68 bits per heavy atom. The van der Waals surface area contributed by atoms with E-state index in [0.29, 0.717) is 0 Å². The van der Waals surface area contributed by atoms with Crippen LogP contribution in [0, 0.1) is 0 Å². The van der Waals surface area contributed by atoms with Crippen LogP contribution in [0.2, 0.25) is 0 Å². The largest absolute Gasteiger partial charge is 0.364 e. The Labute approximate surface area is 114 Å². The maximum Gasteiger partial charge on any atom is 0.321 e. The molecule has 3 amide bonds. The summed E-state index contributed by atoms with van der Waals surface area (Å²) in [5.74, 6) is -0.241. The first-order valence-corrected chi connectivity index (χ1v) is 6.91. The topological polar surface area (TPSA) is 71.9 Å². The number of carbonyl (C=O) groups is 2. The van der Waals surface area contributed by atoms with Gasteiger partial charge >= 0.3 is 6.03 Å². The standard InChI is InChI=1S/C13H25N3O3/c1-8(2)14-13(18)15-12(17)11(5)16-6-9(3)19-10(4)7-16/h8-11H,6-7H2,1-5H3,(H2,14,15,17,18)/p+1/t9-,10-,11-/m0/s1. The first kappa shape index (κ1) is 15.9. The fraction of sp³-hybridized carbons (Fsp3) is 0.846. The summed E-state index contributed by atoms with van der Waals surface area (Å²) in [6.07, 6.45) is 0.275. The summed E-state index contributed by atoms with van der Waals surface area (Å²) >= 11 is 0. The van der Waals surface area contributed by atoms with Gasteiger partial charge in [-0.2, -0.15) is 0 Å². The molecule has 110 valence electrons. The molecule has 0 aromatic heterocycles. The molecule has 6 heteroatoms. The third-order valence-corrected chi connectivity index (χ3v) is 3.23. The number of hydrogen-bond donors (Lipinski definition) is 3. The van der Waals surface area contributed by atoms with E-state index in [4.69, 9.17) is 4.74 Å². The van der Waals surface area contributed by atoms with Crippen molar-refractivity contribution in [1.29, 1.82) is 0 Å². The number of carbonyl (C=O) groups excluding carboxylic acids is 2. The van der Waals surface area contributed by atoms with Gasteiger partial charge < -0.3 is 15.0 Å². The minimum Gasteiger partial charge on any atom is -0.364 e. The highest BCUT2D eigenvalue weighted by molar-refractivity contribution is 5.96. The van der Waals surface area contributed by atoms with Gasteiger partial charge in [0.2, 0.25) is 0 Å². The number of imide groups is 1. The lowest BCUT2D eigenvalue weighted by atomic mass is 10.1. The molecule has 0 aromatic carbocycles. The van der Waals surface area contributed by atoms with Crippen LogP contribution in [0.4, 0.5) is 4.79 Å². The molecule has 0 radical (unpaired) electrons. The molecule has 3 atom stereocenters. The van der Waals surface area contributed by atoms with Crippen molar-refractivity contribution in [3.05, 3.63) is 0 Å². The van der Waals surface area contributed by atoms with Gasteiger partial charge in [0, 0.05) is 6.04 Å². The lowest BCUT2D eigenvalue weighted by Crippen LogP contribution is -3.19.